The Morgan fingerprint density at radius 3 is 2.38 bits per heavy atom. The van der Waals surface area contributed by atoms with E-state index in [0.29, 0.717) is 0 Å². The van der Waals surface area contributed by atoms with Crippen LogP contribution in [0.3, 0.4) is 0 Å². The van der Waals surface area contributed by atoms with Gasteiger partial charge < -0.3 is 9.80 Å². The molecule has 0 unspecified atom stereocenters. The summed E-state index contributed by atoms with van der Waals surface area (Å²) in [6.45, 7) is 3.89. The lowest BCUT2D eigenvalue weighted by Gasteiger charge is -2.37. The molecular formula is C20H22ClN5. The lowest BCUT2D eigenvalue weighted by molar-refractivity contribution is 0.653. The molecule has 3 heterocycles. The van der Waals surface area contributed by atoms with E-state index in [1.165, 1.54) is 18.5 Å². The summed E-state index contributed by atoms with van der Waals surface area (Å²) in [5, 5.41) is 9.45. The van der Waals surface area contributed by atoms with E-state index >= 15 is 0 Å². The fourth-order valence-corrected chi connectivity index (χ4v) is 4.08. The molecule has 0 amide bonds. The van der Waals surface area contributed by atoms with Gasteiger partial charge in [-0.25, -0.2) is 0 Å². The topological polar surface area (TPSA) is 36.7 Å². The molecule has 0 N–H and O–H groups in total. The molecule has 1 saturated heterocycles. The van der Waals surface area contributed by atoms with Crippen LogP contribution in [-0.2, 0) is 6.42 Å². The normalized spacial score (nSPS) is 17.9. The Morgan fingerprint density at radius 2 is 1.65 bits per heavy atom. The summed E-state index contributed by atoms with van der Waals surface area (Å²) in [6, 6.07) is 12.7. The van der Waals surface area contributed by atoms with Gasteiger partial charge in [-0.05, 0) is 37.0 Å². The Labute approximate surface area is 158 Å². The highest BCUT2D eigenvalue weighted by molar-refractivity contribution is 6.36. The molecule has 3 aromatic rings. The number of hydrogen-bond donors (Lipinski definition) is 0. The molecule has 2 fully saturated rings. The minimum Gasteiger partial charge on any atom is -0.368 e. The van der Waals surface area contributed by atoms with Crippen LogP contribution >= 0.6 is 11.6 Å². The average Bonchev–Trinajstić information content (AvgIpc) is 3.42. The van der Waals surface area contributed by atoms with Crippen molar-refractivity contribution in [3.05, 3.63) is 53.4 Å². The zero-order valence-electron chi connectivity index (χ0n) is 14.7. The molecule has 5 nitrogen and oxygen atoms in total. The van der Waals surface area contributed by atoms with Crippen molar-refractivity contribution in [3.63, 3.8) is 0 Å². The van der Waals surface area contributed by atoms with E-state index < -0.39 is 0 Å². The van der Waals surface area contributed by atoms with Crippen LogP contribution in [0, 0.1) is 5.92 Å². The highest BCUT2D eigenvalue weighted by Gasteiger charge is 2.25. The van der Waals surface area contributed by atoms with Gasteiger partial charge >= 0.3 is 0 Å². The van der Waals surface area contributed by atoms with Crippen molar-refractivity contribution in [1.82, 2.24) is 14.6 Å². The Bertz CT molecular complexity index is 911. The Balaban J connectivity index is 1.35. The quantitative estimate of drug-likeness (QED) is 0.705. The first kappa shape index (κ1) is 15.9. The van der Waals surface area contributed by atoms with Crippen molar-refractivity contribution in [2.45, 2.75) is 19.3 Å². The molecule has 0 spiro atoms. The third kappa shape index (κ3) is 2.90. The molecule has 0 bridgehead atoms. The van der Waals surface area contributed by atoms with Gasteiger partial charge in [-0.3, -0.25) is 4.40 Å². The van der Waals surface area contributed by atoms with Crippen LogP contribution in [0.25, 0.3) is 5.65 Å². The number of benzene rings is 1. The van der Waals surface area contributed by atoms with Crippen LogP contribution in [0.4, 0.5) is 11.4 Å². The lowest BCUT2D eigenvalue weighted by atomic mass is 10.2. The predicted octanol–water partition coefficient (Wildman–Crippen LogP) is 3.66. The number of pyridine rings is 1. The second-order valence-corrected chi connectivity index (χ2v) is 7.66. The van der Waals surface area contributed by atoms with Gasteiger partial charge in [0.2, 0.25) is 0 Å². The third-order valence-corrected chi connectivity index (χ3v) is 5.84. The molecule has 0 atom stereocenters. The van der Waals surface area contributed by atoms with Crippen LogP contribution in [-0.4, -0.2) is 40.8 Å². The van der Waals surface area contributed by atoms with E-state index in [1.807, 2.05) is 0 Å². The second-order valence-electron chi connectivity index (χ2n) is 7.28. The fourth-order valence-electron chi connectivity index (χ4n) is 3.77. The monoisotopic (exact) mass is 367 g/mol. The van der Waals surface area contributed by atoms with Crippen molar-refractivity contribution >= 4 is 28.6 Å². The van der Waals surface area contributed by atoms with Crippen molar-refractivity contribution in [3.8, 4) is 0 Å². The number of aromatic nitrogens is 3. The first-order chi connectivity index (χ1) is 12.8. The number of halogens is 1. The highest BCUT2D eigenvalue weighted by atomic mass is 35.5. The molecule has 1 aromatic carbocycles. The molecule has 26 heavy (non-hydrogen) atoms. The maximum absolute atomic E-state index is 6.72. The Kier molecular flexibility index (Phi) is 3.97. The van der Waals surface area contributed by atoms with E-state index in [1.54, 1.807) is 0 Å². The lowest BCUT2D eigenvalue weighted by Crippen LogP contribution is -2.46. The zero-order valence-corrected chi connectivity index (χ0v) is 15.4. The van der Waals surface area contributed by atoms with Gasteiger partial charge in [0.25, 0.3) is 0 Å². The van der Waals surface area contributed by atoms with Crippen molar-refractivity contribution in [2.75, 3.05) is 36.0 Å². The summed E-state index contributed by atoms with van der Waals surface area (Å²) in [6.07, 6.45) is 5.71. The predicted molar refractivity (Wildman–Crippen MR) is 105 cm³/mol. The largest absolute Gasteiger partial charge is 0.368 e. The molecule has 2 aliphatic rings. The maximum atomic E-state index is 6.72. The summed E-state index contributed by atoms with van der Waals surface area (Å²) in [4.78, 5) is 4.78. The first-order valence-electron chi connectivity index (χ1n) is 9.36. The van der Waals surface area contributed by atoms with Crippen LogP contribution in [0.1, 0.15) is 18.7 Å². The molecule has 5 rings (SSSR count). The molecule has 1 saturated carbocycles. The van der Waals surface area contributed by atoms with Crippen molar-refractivity contribution in [2.24, 2.45) is 5.92 Å². The van der Waals surface area contributed by atoms with Crippen LogP contribution < -0.4 is 9.80 Å². The van der Waals surface area contributed by atoms with E-state index in [9.17, 15) is 0 Å². The smallest absolute Gasteiger partial charge is 0.181 e. The van der Waals surface area contributed by atoms with Gasteiger partial charge in [-0.2, -0.15) is 0 Å². The number of fused-ring (bicyclic) bond motifs is 1. The highest BCUT2D eigenvalue weighted by Crippen LogP contribution is 2.34. The van der Waals surface area contributed by atoms with Crippen LogP contribution in [0.5, 0.6) is 0 Å². The number of anilines is 2. The molecule has 0 radical (unpaired) electrons. The molecule has 1 aliphatic heterocycles. The fraction of sp³-hybridized carbons (Fsp3) is 0.400. The van der Waals surface area contributed by atoms with Crippen LogP contribution in [0.2, 0.25) is 5.02 Å². The summed E-state index contributed by atoms with van der Waals surface area (Å²) in [5.41, 5.74) is 3.14. The number of piperazine rings is 1. The average molecular weight is 368 g/mol. The molecule has 134 valence electrons. The van der Waals surface area contributed by atoms with Crippen molar-refractivity contribution in [1.29, 1.82) is 0 Å². The van der Waals surface area contributed by atoms with Crippen molar-refractivity contribution < 1.29 is 0 Å². The van der Waals surface area contributed by atoms with E-state index in [4.69, 9.17) is 11.6 Å². The third-order valence-electron chi connectivity index (χ3n) is 5.48. The van der Waals surface area contributed by atoms with Gasteiger partial charge in [0, 0.05) is 44.5 Å². The minimum atomic E-state index is 0.718. The Morgan fingerprint density at radius 1 is 0.923 bits per heavy atom. The van der Waals surface area contributed by atoms with E-state index in [-0.39, 0.29) is 0 Å². The second kappa shape index (κ2) is 6.47. The van der Waals surface area contributed by atoms with E-state index in [0.717, 1.165) is 60.7 Å². The van der Waals surface area contributed by atoms with Gasteiger partial charge in [-0.15, -0.1) is 10.2 Å². The SMILES string of the molecule is Clc1c(N2CCN(c3ccccc3)CC2)ccn2c(CC3CC3)nnc12. The molecule has 6 heteroatoms. The zero-order chi connectivity index (χ0) is 17.5. The standard InChI is InChI=1S/C20H22ClN5/c21-19-17(8-9-26-18(14-15-6-7-15)22-23-20(19)26)25-12-10-24(11-13-25)16-4-2-1-3-5-16/h1-5,8-9,15H,6-7,10-14H2. The summed E-state index contributed by atoms with van der Waals surface area (Å²) < 4.78 is 2.06. The minimum absolute atomic E-state index is 0.718. The van der Waals surface area contributed by atoms with Gasteiger partial charge in [-0.1, -0.05) is 29.8 Å². The maximum Gasteiger partial charge on any atom is 0.181 e. The summed E-state index contributed by atoms with van der Waals surface area (Å²) in [7, 11) is 0. The number of nitrogens with zero attached hydrogens (tertiary/aromatic N) is 5. The van der Waals surface area contributed by atoms with E-state index in [2.05, 4.69) is 67.0 Å². The first-order valence-corrected chi connectivity index (χ1v) is 9.74. The molecular weight excluding hydrogens is 346 g/mol. The number of hydrogen-bond acceptors (Lipinski definition) is 4. The van der Waals surface area contributed by atoms with Gasteiger partial charge in [0.15, 0.2) is 5.65 Å². The number of para-hydroxylation sites is 1. The summed E-state index contributed by atoms with van der Waals surface area (Å²) in [5.74, 6) is 1.82. The summed E-state index contributed by atoms with van der Waals surface area (Å²) >= 11 is 6.72. The van der Waals surface area contributed by atoms with Crippen LogP contribution in [0.15, 0.2) is 42.6 Å². The van der Waals surface area contributed by atoms with Gasteiger partial charge in [0.05, 0.1) is 5.69 Å². The Hall–Kier alpha value is -2.27. The molecule has 1 aliphatic carbocycles. The van der Waals surface area contributed by atoms with Gasteiger partial charge in [0.1, 0.15) is 10.8 Å². The number of rotatable bonds is 4. The molecule has 2 aromatic heterocycles.